The number of benzene rings is 1. The van der Waals surface area contributed by atoms with E-state index in [1.807, 2.05) is 25.3 Å². The first-order valence-corrected chi connectivity index (χ1v) is 11.6. The summed E-state index contributed by atoms with van der Waals surface area (Å²) < 4.78 is 10.9. The zero-order chi connectivity index (χ0) is 22.8. The van der Waals surface area contributed by atoms with Gasteiger partial charge in [-0.2, -0.15) is 0 Å². The average molecular weight is 474 g/mol. The van der Waals surface area contributed by atoms with Crippen molar-refractivity contribution < 1.29 is 18.7 Å². The van der Waals surface area contributed by atoms with Crippen LogP contribution in [0.3, 0.4) is 0 Å². The van der Waals surface area contributed by atoms with Gasteiger partial charge in [0.2, 0.25) is 5.91 Å². The minimum absolute atomic E-state index is 0.0709. The molecular weight excluding hydrogens is 450 g/mol. The van der Waals surface area contributed by atoms with Crippen LogP contribution in [-0.4, -0.2) is 41.9 Å². The molecule has 0 saturated carbocycles. The van der Waals surface area contributed by atoms with Crippen LogP contribution < -0.4 is 10.1 Å². The second kappa shape index (κ2) is 9.34. The first-order valence-electron chi connectivity index (χ1n) is 10.3. The van der Waals surface area contributed by atoms with Crippen molar-refractivity contribution in [3.8, 4) is 17.0 Å². The van der Waals surface area contributed by atoms with Crippen molar-refractivity contribution in [1.82, 2.24) is 9.88 Å². The number of carbonyl (C=O) groups excluding carboxylic acids is 2. The Morgan fingerprint density at radius 1 is 1.25 bits per heavy atom. The van der Waals surface area contributed by atoms with Gasteiger partial charge in [-0.05, 0) is 51.0 Å². The second-order valence-electron chi connectivity index (χ2n) is 7.77. The molecule has 1 aliphatic heterocycles. The minimum Gasteiger partial charge on any atom is -0.496 e. The Hall–Kier alpha value is -2.84. The largest absolute Gasteiger partial charge is 0.496 e. The van der Waals surface area contributed by atoms with Gasteiger partial charge in [0.05, 0.1) is 18.4 Å². The summed E-state index contributed by atoms with van der Waals surface area (Å²) in [6, 6.07) is 6.93. The van der Waals surface area contributed by atoms with Crippen LogP contribution in [0.4, 0.5) is 5.13 Å². The SMILES string of the molecule is COc1ccc(Cl)cc1C(=O)N1CCC(C(=O)Nc2nc(-c3cc(C)oc3C)cs2)CC1. The summed E-state index contributed by atoms with van der Waals surface area (Å²) in [5.41, 5.74) is 2.15. The van der Waals surface area contributed by atoms with Crippen LogP contribution in [-0.2, 0) is 4.79 Å². The molecule has 32 heavy (non-hydrogen) atoms. The van der Waals surface area contributed by atoms with Crippen molar-refractivity contribution in [3.63, 3.8) is 0 Å². The quantitative estimate of drug-likeness (QED) is 0.552. The van der Waals surface area contributed by atoms with Crippen molar-refractivity contribution in [1.29, 1.82) is 0 Å². The lowest BCUT2D eigenvalue weighted by Gasteiger charge is -2.31. The summed E-state index contributed by atoms with van der Waals surface area (Å²) in [5.74, 6) is 1.73. The van der Waals surface area contributed by atoms with Crippen molar-refractivity contribution in [2.75, 3.05) is 25.5 Å². The van der Waals surface area contributed by atoms with Crippen molar-refractivity contribution in [2.24, 2.45) is 5.92 Å². The smallest absolute Gasteiger partial charge is 0.257 e. The summed E-state index contributed by atoms with van der Waals surface area (Å²) in [6.45, 7) is 4.77. The molecule has 0 bridgehead atoms. The molecule has 3 heterocycles. The molecule has 1 aromatic carbocycles. The van der Waals surface area contributed by atoms with E-state index in [0.717, 1.165) is 22.8 Å². The van der Waals surface area contributed by atoms with Crippen LogP contribution >= 0.6 is 22.9 Å². The fourth-order valence-corrected chi connectivity index (χ4v) is 4.80. The van der Waals surface area contributed by atoms with Crippen LogP contribution in [0.15, 0.2) is 34.1 Å². The van der Waals surface area contributed by atoms with Gasteiger partial charge in [-0.25, -0.2) is 4.98 Å². The van der Waals surface area contributed by atoms with Gasteiger partial charge in [-0.15, -0.1) is 11.3 Å². The van der Waals surface area contributed by atoms with Crippen LogP contribution in [0.5, 0.6) is 5.75 Å². The number of halogens is 1. The van der Waals surface area contributed by atoms with E-state index in [2.05, 4.69) is 10.3 Å². The highest BCUT2D eigenvalue weighted by atomic mass is 35.5. The number of hydrogen-bond acceptors (Lipinski definition) is 6. The average Bonchev–Trinajstić information content (AvgIpc) is 3.38. The maximum absolute atomic E-state index is 12.9. The lowest BCUT2D eigenvalue weighted by Crippen LogP contribution is -2.41. The van der Waals surface area contributed by atoms with Crippen molar-refractivity contribution >= 4 is 39.9 Å². The van der Waals surface area contributed by atoms with Gasteiger partial charge in [-0.1, -0.05) is 11.6 Å². The summed E-state index contributed by atoms with van der Waals surface area (Å²) in [4.78, 5) is 32.0. The number of aryl methyl sites for hydroxylation is 2. The highest BCUT2D eigenvalue weighted by molar-refractivity contribution is 7.14. The Balaban J connectivity index is 1.36. The van der Waals surface area contributed by atoms with Gasteiger partial charge >= 0.3 is 0 Å². The third kappa shape index (κ3) is 4.66. The molecule has 4 rings (SSSR count). The molecule has 1 saturated heterocycles. The maximum atomic E-state index is 12.9. The molecule has 168 valence electrons. The zero-order valence-electron chi connectivity index (χ0n) is 18.1. The number of methoxy groups -OCH3 is 1. The number of furan rings is 1. The number of aromatic nitrogens is 1. The number of nitrogens with one attached hydrogen (secondary N) is 1. The highest BCUT2D eigenvalue weighted by Crippen LogP contribution is 2.31. The number of rotatable bonds is 5. The summed E-state index contributed by atoms with van der Waals surface area (Å²) in [6.07, 6.45) is 1.16. The molecule has 1 fully saturated rings. The lowest BCUT2D eigenvalue weighted by atomic mass is 9.95. The number of ether oxygens (including phenoxy) is 1. The van der Waals surface area contributed by atoms with Crippen LogP contribution in [0.25, 0.3) is 11.3 Å². The monoisotopic (exact) mass is 473 g/mol. The molecule has 0 aliphatic carbocycles. The van der Waals surface area contributed by atoms with E-state index < -0.39 is 0 Å². The van der Waals surface area contributed by atoms with E-state index in [1.165, 1.54) is 18.4 Å². The van der Waals surface area contributed by atoms with E-state index in [4.69, 9.17) is 20.8 Å². The number of amides is 2. The Morgan fingerprint density at radius 2 is 2.00 bits per heavy atom. The Kier molecular flexibility index (Phi) is 6.53. The van der Waals surface area contributed by atoms with Crippen molar-refractivity contribution in [2.45, 2.75) is 26.7 Å². The van der Waals surface area contributed by atoms with Crippen LogP contribution in [0.2, 0.25) is 5.02 Å². The molecule has 7 nitrogen and oxygen atoms in total. The first kappa shape index (κ1) is 22.4. The molecule has 9 heteroatoms. The molecule has 2 amide bonds. The molecular formula is C23H24ClN3O4S. The maximum Gasteiger partial charge on any atom is 0.257 e. The third-order valence-corrected chi connectivity index (χ3v) is 6.59. The number of thiazole rings is 1. The van der Waals surface area contributed by atoms with E-state index in [-0.39, 0.29) is 17.7 Å². The molecule has 2 aromatic heterocycles. The minimum atomic E-state index is -0.175. The lowest BCUT2D eigenvalue weighted by molar-refractivity contribution is -0.121. The number of carbonyl (C=O) groups is 2. The number of hydrogen-bond donors (Lipinski definition) is 1. The number of anilines is 1. The van der Waals surface area contributed by atoms with E-state index in [0.29, 0.717) is 47.4 Å². The molecule has 1 aliphatic rings. The molecule has 0 spiro atoms. The number of nitrogens with zero attached hydrogens (tertiary/aromatic N) is 2. The molecule has 1 N–H and O–H groups in total. The Bertz CT molecular complexity index is 1150. The summed E-state index contributed by atoms with van der Waals surface area (Å²) in [7, 11) is 1.52. The molecule has 0 unspecified atom stereocenters. The first-order chi connectivity index (χ1) is 15.4. The standard InChI is InChI=1S/C23H24ClN3O4S/c1-13-10-17(14(2)31-13)19-12-32-23(25-19)26-21(28)15-6-8-27(9-7-15)22(29)18-11-16(24)4-5-20(18)30-3/h4-5,10-12,15H,6-9H2,1-3H3,(H,25,26,28). The van der Waals surface area contributed by atoms with Gasteiger partial charge in [-0.3, -0.25) is 9.59 Å². The normalized spacial score (nSPS) is 14.4. The summed E-state index contributed by atoms with van der Waals surface area (Å²) in [5, 5.41) is 5.88. The van der Waals surface area contributed by atoms with Crippen LogP contribution in [0, 0.1) is 19.8 Å². The second-order valence-corrected chi connectivity index (χ2v) is 9.06. The molecule has 0 radical (unpaired) electrons. The molecule has 3 aromatic rings. The molecule has 0 atom stereocenters. The van der Waals surface area contributed by atoms with Gasteiger partial charge in [0, 0.05) is 35.0 Å². The van der Waals surface area contributed by atoms with Gasteiger partial charge in [0.25, 0.3) is 5.91 Å². The Morgan fingerprint density at radius 3 is 2.66 bits per heavy atom. The van der Waals surface area contributed by atoms with E-state index in [1.54, 1.807) is 23.1 Å². The number of piperidine rings is 1. The fourth-order valence-electron chi connectivity index (χ4n) is 3.91. The third-order valence-electron chi connectivity index (χ3n) is 5.60. The zero-order valence-corrected chi connectivity index (χ0v) is 19.7. The number of likely N-dealkylation sites (tertiary alicyclic amines) is 1. The van der Waals surface area contributed by atoms with Crippen molar-refractivity contribution in [3.05, 3.63) is 51.8 Å². The predicted octanol–water partition coefficient (Wildman–Crippen LogP) is 5.17. The summed E-state index contributed by atoms with van der Waals surface area (Å²) >= 11 is 7.45. The van der Waals surface area contributed by atoms with Gasteiger partial charge < -0.3 is 19.4 Å². The Labute approximate surface area is 195 Å². The topological polar surface area (TPSA) is 84.7 Å². The predicted molar refractivity (Wildman–Crippen MR) is 125 cm³/mol. The van der Waals surface area contributed by atoms with E-state index >= 15 is 0 Å². The fraction of sp³-hybridized carbons (Fsp3) is 0.348. The van der Waals surface area contributed by atoms with Gasteiger partial charge in [0.15, 0.2) is 5.13 Å². The van der Waals surface area contributed by atoms with Gasteiger partial charge in [0.1, 0.15) is 17.3 Å². The van der Waals surface area contributed by atoms with E-state index in [9.17, 15) is 9.59 Å². The van der Waals surface area contributed by atoms with Crippen LogP contribution in [0.1, 0.15) is 34.7 Å². The highest BCUT2D eigenvalue weighted by Gasteiger charge is 2.29.